The van der Waals surface area contributed by atoms with E-state index < -0.39 is 21.9 Å². The molecule has 1 unspecified atom stereocenters. The van der Waals surface area contributed by atoms with Crippen LogP contribution in [0.2, 0.25) is 0 Å². The molecule has 0 radical (unpaired) electrons. The molecule has 0 aromatic carbocycles. The van der Waals surface area contributed by atoms with Crippen molar-refractivity contribution in [1.29, 1.82) is 0 Å². The number of aryl methyl sites for hydroxylation is 2. The van der Waals surface area contributed by atoms with Crippen LogP contribution >= 0.6 is 11.8 Å². The number of nitrogens with one attached hydrogen (secondary N) is 1. The van der Waals surface area contributed by atoms with Crippen LogP contribution in [0.5, 0.6) is 0 Å². The maximum atomic E-state index is 12.9. The Morgan fingerprint density at radius 2 is 1.87 bits per heavy atom. The predicted molar refractivity (Wildman–Crippen MR) is 114 cm³/mol. The number of amides is 1. The van der Waals surface area contributed by atoms with E-state index in [0.717, 1.165) is 16.3 Å². The summed E-state index contributed by atoms with van der Waals surface area (Å²) < 4.78 is 7.29. The molecule has 30 heavy (non-hydrogen) atoms. The third-order valence-corrected chi connectivity index (χ3v) is 5.56. The Balaban J connectivity index is 2.10. The molecule has 3 aromatic rings. The van der Waals surface area contributed by atoms with Crippen molar-refractivity contribution < 1.29 is 9.32 Å². The number of rotatable bonds is 4. The highest BCUT2D eigenvalue weighted by atomic mass is 32.2. The second-order valence-electron chi connectivity index (χ2n) is 8.08. The van der Waals surface area contributed by atoms with Gasteiger partial charge in [-0.3, -0.25) is 18.7 Å². The number of aromatic nitrogens is 5. The molecule has 3 aromatic heterocycles. The van der Waals surface area contributed by atoms with Gasteiger partial charge in [0.05, 0.1) is 5.25 Å². The van der Waals surface area contributed by atoms with Gasteiger partial charge in [0.15, 0.2) is 11.5 Å². The molecule has 0 aliphatic heterocycles. The van der Waals surface area contributed by atoms with Crippen LogP contribution in [-0.4, -0.2) is 35.4 Å². The summed E-state index contributed by atoms with van der Waals surface area (Å²) in [5.41, 5.74) is -1.17. The van der Waals surface area contributed by atoms with Gasteiger partial charge >= 0.3 is 5.69 Å². The number of hydrogen-bond donors (Lipinski definition) is 1. The standard InChI is InChI=1S/C19H24N6O4S/c1-9-8-11(23-29-9)20-14(26)10(2)30-15-12-13(21-17(22-15)19(3,4)5)24(6)18(28)25(7)16(12)27/h8,10H,1-7H3,(H,20,23,26). The van der Waals surface area contributed by atoms with Crippen molar-refractivity contribution >= 4 is 34.5 Å². The monoisotopic (exact) mass is 432 g/mol. The van der Waals surface area contributed by atoms with Gasteiger partial charge in [0.1, 0.15) is 22.0 Å². The molecule has 0 saturated carbocycles. The molecule has 0 fully saturated rings. The molecule has 0 bridgehead atoms. The number of anilines is 1. The van der Waals surface area contributed by atoms with E-state index in [0.29, 0.717) is 22.4 Å². The highest BCUT2D eigenvalue weighted by Gasteiger charge is 2.26. The van der Waals surface area contributed by atoms with Gasteiger partial charge in [0, 0.05) is 25.6 Å². The highest BCUT2D eigenvalue weighted by Crippen LogP contribution is 2.30. The molecule has 0 spiro atoms. The Morgan fingerprint density at radius 3 is 2.43 bits per heavy atom. The van der Waals surface area contributed by atoms with Crippen LogP contribution in [0.25, 0.3) is 11.0 Å². The fraction of sp³-hybridized carbons (Fsp3) is 0.474. The topological polar surface area (TPSA) is 125 Å². The van der Waals surface area contributed by atoms with E-state index in [4.69, 9.17) is 4.52 Å². The molecule has 1 atom stereocenters. The van der Waals surface area contributed by atoms with Crippen LogP contribution in [0.1, 0.15) is 39.3 Å². The minimum atomic E-state index is -0.602. The van der Waals surface area contributed by atoms with Crippen LogP contribution in [0.3, 0.4) is 0 Å². The first-order valence-corrected chi connectivity index (χ1v) is 10.2. The quantitative estimate of drug-likeness (QED) is 0.488. The summed E-state index contributed by atoms with van der Waals surface area (Å²) >= 11 is 1.12. The Bertz CT molecular complexity index is 1250. The number of carbonyl (C=O) groups is 1. The highest BCUT2D eigenvalue weighted by molar-refractivity contribution is 8.00. The molecule has 0 aliphatic carbocycles. The smallest absolute Gasteiger partial charge is 0.332 e. The van der Waals surface area contributed by atoms with Crippen molar-refractivity contribution in [2.24, 2.45) is 14.1 Å². The summed E-state index contributed by atoms with van der Waals surface area (Å²) in [6, 6.07) is 1.61. The Labute approximate surface area is 176 Å². The Hall–Kier alpha value is -2.95. The molecule has 0 aliphatic rings. The number of fused-ring (bicyclic) bond motifs is 1. The first kappa shape index (κ1) is 21.8. The third-order valence-electron chi connectivity index (χ3n) is 4.47. The van der Waals surface area contributed by atoms with Crippen molar-refractivity contribution in [1.82, 2.24) is 24.3 Å². The summed E-state index contributed by atoms with van der Waals surface area (Å²) in [6.07, 6.45) is 0. The molecule has 3 rings (SSSR count). The number of thioether (sulfide) groups is 1. The SMILES string of the molecule is Cc1cc(NC(=O)C(C)Sc2nc(C(C)(C)C)nc3c2c(=O)n(C)c(=O)n3C)no1. The number of carbonyl (C=O) groups excluding carboxylic acids is 1. The van der Waals surface area contributed by atoms with E-state index in [-0.39, 0.29) is 16.9 Å². The van der Waals surface area contributed by atoms with Crippen molar-refractivity contribution in [2.75, 3.05) is 5.32 Å². The van der Waals surface area contributed by atoms with Crippen molar-refractivity contribution in [3.05, 3.63) is 38.5 Å². The van der Waals surface area contributed by atoms with E-state index in [2.05, 4.69) is 20.4 Å². The van der Waals surface area contributed by atoms with Gasteiger partial charge in [0.2, 0.25) is 5.91 Å². The van der Waals surface area contributed by atoms with Crippen LogP contribution in [0, 0.1) is 6.92 Å². The zero-order valence-electron chi connectivity index (χ0n) is 17.9. The fourth-order valence-electron chi connectivity index (χ4n) is 2.72. The minimum absolute atomic E-state index is 0.203. The maximum absolute atomic E-state index is 12.9. The molecule has 3 heterocycles. The Morgan fingerprint density at radius 1 is 1.20 bits per heavy atom. The van der Waals surface area contributed by atoms with E-state index in [1.165, 1.54) is 11.6 Å². The average Bonchev–Trinajstić information content (AvgIpc) is 3.07. The van der Waals surface area contributed by atoms with E-state index in [1.807, 2.05) is 20.8 Å². The van der Waals surface area contributed by atoms with Crippen molar-refractivity contribution in [3.8, 4) is 0 Å². The zero-order valence-corrected chi connectivity index (χ0v) is 18.7. The van der Waals surface area contributed by atoms with Gasteiger partial charge in [-0.1, -0.05) is 37.7 Å². The lowest BCUT2D eigenvalue weighted by Crippen LogP contribution is -2.38. The number of nitrogens with zero attached hydrogens (tertiary/aromatic N) is 5. The zero-order chi connectivity index (χ0) is 22.4. The van der Waals surface area contributed by atoms with Crippen molar-refractivity contribution in [2.45, 2.75) is 50.3 Å². The summed E-state index contributed by atoms with van der Waals surface area (Å²) in [6.45, 7) is 9.23. The minimum Gasteiger partial charge on any atom is -0.360 e. The lowest BCUT2D eigenvalue weighted by Gasteiger charge is -2.20. The first-order valence-electron chi connectivity index (χ1n) is 9.29. The van der Waals surface area contributed by atoms with Crippen LogP contribution in [-0.2, 0) is 24.3 Å². The lowest BCUT2D eigenvalue weighted by atomic mass is 9.96. The molecule has 1 N–H and O–H groups in total. The van der Waals surface area contributed by atoms with Crippen LogP contribution < -0.4 is 16.6 Å². The largest absolute Gasteiger partial charge is 0.360 e. The van der Waals surface area contributed by atoms with Crippen molar-refractivity contribution in [3.63, 3.8) is 0 Å². The van der Waals surface area contributed by atoms with Gasteiger partial charge in [-0.2, -0.15) is 0 Å². The van der Waals surface area contributed by atoms with Gasteiger partial charge in [-0.05, 0) is 13.8 Å². The summed E-state index contributed by atoms with van der Waals surface area (Å²) in [5.74, 6) is 1.04. The maximum Gasteiger partial charge on any atom is 0.332 e. The van der Waals surface area contributed by atoms with Crippen LogP contribution in [0.4, 0.5) is 5.82 Å². The molecular formula is C19H24N6O4S. The summed E-state index contributed by atoms with van der Waals surface area (Å²) in [7, 11) is 2.96. The molecule has 10 nitrogen and oxygen atoms in total. The molecule has 1 amide bonds. The van der Waals surface area contributed by atoms with E-state index >= 15 is 0 Å². The van der Waals surface area contributed by atoms with Gasteiger partial charge < -0.3 is 9.84 Å². The van der Waals surface area contributed by atoms with Gasteiger partial charge in [0.25, 0.3) is 5.56 Å². The van der Waals surface area contributed by atoms with E-state index in [1.54, 1.807) is 27.0 Å². The Kier molecular flexibility index (Phi) is 5.59. The first-order chi connectivity index (χ1) is 13.9. The average molecular weight is 433 g/mol. The van der Waals surface area contributed by atoms with Gasteiger partial charge in [-0.25, -0.2) is 14.8 Å². The third kappa shape index (κ3) is 4.02. The van der Waals surface area contributed by atoms with Crippen LogP contribution in [0.15, 0.2) is 25.2 Å². The normalized spacial score (nSPS) is 12.9. The molecule has 0 saturated heterocycles. The molecule has 160 valence electrons. The number of hydrogen-bond acceptors (Lipinski definition) is 8. The summed E-state index contributed by atoms with van der Waals surface area (Å²) in [5, 5.41) is 6.38. The van der Waals surface area contributed by atoms with Gasteiger partial charge in [-0.15, -0.1) is 0 Å². The predicted octanol–water partition coefficient (Wildman–Crippen LogP) is 1.74. The summed E-state index contributed by atoms with van der Waals surface area (Å²) in [4.78, 5) is 47.0. The molecule has 11 heteroatoms. The molecular weight excluding hydrogens is 408 g/mol. The second-order valence-corrected chi connectivity index (χ2v) is 9.41. The van der Waals surface area contributed by atoms with E-state index in [9.17, 15) is 14.4 Å². The fourth-order valence-corrected chi connectivity index (χ4v) is 3.66. The second kappa shape index (κ2) is 7.71. The lowest BCUT2D eigenvalue weighted by molar-refractivity contribution is -0.115.